The van der Waals surface area contributed by atoms with Crippen LogP contribution in [0.25, 0.3) is 33.0 Å². The Balaban J connectivity index is 1.39. The van der Waals surface area contributed by atoms with Gasteiger partial charge in [0.1, 0.15) is 23.2 Å². The van der Waals surface area contributed by atoms with Crippen molar-refractivity contribution in [3.05, 3.63) is 114 Å². The molecule has 1 aliphatic rings. The molecule has 3 heterocycles. The van der Waals surface area contributed by atoms with E-state index in [2.05, 4.69) is 94.4 Å². The summed E-state index contributed by atoms with van der Waals surface area (Å²) in [5.74, 6) is 1.60. The summed E-state index contributed by atoms with van der Waals surface area (Å²) in [5.41, 5.74) is 8.07. The first-order valence-corrected chi connectivity index (χ1v) is 13.3. The van der Waals surface area contributed by atoms with E-state index in [1.807, 2.05) is 30.6 Å². The normalized spacial score (nSPS) is 13.7. The van der Waals surface area contributed by atoms with Gasteiger partial charge in [-0.15, -0.1) is 0 Å². The molecule has 2 aromatic heterocycles. The molecule has 6 rings (SSSR count). The fourth-order valence-corrected chi connectivity index (χ4v) is 6.12. The van der Waals surface area contributed by atoms with Crippen molar-refractivity contribution < 1.29 is 14.0 Å². The van der Waals surface area contributed by atoms with Gasteiger partial charge in [0.2, 0.25) is 5.52 Å². The summed E-state index contributed by atoms with van der Waals surface area (Å²) in [6.07, 6.45) is 10.4. The molecule has 0 bridgehead atoms. The molecule has 188 valence electrons. The van der Waals surface area contributed by atoms with Crippen LogP contribution >= 0.6 is 11.3 Å². The smallest absolute Gasteiger partial charge is 0.263 e. The van der Waals surface area contributed by atoms with Gasteiger partial charge in [-0.05, 0) is 65.2 Å². The Morgan fingerprint density at radius 3 is 2.45 bits per heavy atom. The van der Waals surface area contributed by atoms with Crippen LogP contribution in [0.4, 0.5) is 5.69 Å². The van der Waals surface area contributed by atoms with Gasteiger partial charge in [0.05, 0.1) is 19.8 Å². The number of hydrogen-bond acceptors (Lipinski definition) is 5. The molecule has 5 aromatic rings. The van der Waals surface area contributed by atoms with Crippen LogP contribution in [-0.2, 0) is 13.6 Å². The zero-order valence-electron chi connectivity index (χ0n) is 21.6. The summed E-state index contributed by atoms with van der Waals surface area (Å²) >= 11 is 1.78. The zero-order chi connectivity index (χ0) is 26.1. The zero-order valence-corrected chi connectivity index (χ0v) is 22.4. The molecule has 0 saturated carbocycles. The van der Waals surface area contributed by atoms with E-state index in [0.717, 1.165) is 29.2 Å². The van der Waals surface area contributed by atoms with Crippen molar-refractivity contribution >= 4 is 38.9 Å². The molecular formula is C32H28N3O2S+. The second-order valence-electron chi connectivity index (χ2n) is 9.14. The number of anilines is 1. The van der Waals surface area contributed by atoms with Crippen molar-refractivity contribution in [3.63, 3.8) is 0 Å². The molecule has 0 saturated heterocycles. The van der Waals surface area contributed by atoms with Crippen LogP contribution in [-0.4, -0.2) is 19.2 Å². The molecule has 0 unspecified atom stereocenters. The largest absolute Gasteiger partial charge is 0.496 e. The fourth-order valence-electron chi connectivity index (χ4n) is 4.98. The van der Waals surface area contributed by atoms with Crippen LogP contribution in [0.2, 0.25) is 0 Å². The molecule has 0 fully saturated rings. The standard InChI is InChI=1S/C32H28N3O2S/c1-34-27-12-11-24(32-28(36-2)9-6-10-29(32)37-3)19-30(27)38-31(34)20-23-15-18-35(21-22-13-16-33-17-14-22)26-8-5-4-7-25(23)26/h4-20H,21H2,1-3H3/q+1. The Labute approximate surface area is 226 Å². The minimum Gasteiger partial charge on any atom is -0.496 e. The lowest BCUT2D eigenvalue weighted by atomic mass is 9.99. The summed E-state index contributed by atoms with van der Waals surface area (Å²) in [4.78, 5) is 6.44. The summed E-state index contributed by atoms with van der Waals surface area (Å²) in [7, 11) is 5.52. The number of benzene rings is 3. The van der Waals surface area contributed by atoms with Gasteiger partial charge >= 0.3 is 0 Å². The monoisotopic (exact) mass is 518 g/mol. The molecule has 0 atom stereocenters. The molecule has 6 heteroatoms. The van der Waals surface area contributed by atoms with E-state index < -0.39 is 0 Å². The predicted molar refractivity (Wildman–Crippen MR) is 155 cm³/mol. The third kappa shape index (κ3) is 4.33. The van der Waals surface area contributed by atoms with Crippen molar-refractivity contribution in [2.45, 2.75) is 6.54 Å². The molecule has 3 aromatic carbocycles. The van der Waals surface area contributed by atoms with E-state index in [9.17, 15) is 0 Å². The lowest BCUT2D eigenvalue weighted by Crippen LogP contribution is -2.29. The second kappa shape index (κ2) is 10.1. The maximum atomic E-state index is 5.66. The lowest BCUT2D eigenvalue weighted by molar-refractivity contribution is -0.642. The molecule has 5 nitrogen and oxygen atoms in total. The minimum absolute atomic E-state index is 0.798. The number of aromatic nitrogens is 2. The van der Waals surface area contributed by atoms with Crippen molar-refractivity contribution in [2.24, 2.45) is 7.05 Å². The molecule has 0 aliphatic carbocycles. The highest BCUT2D eigenvalue weighted by Crippen LogP contribution is 2.40. The number of aryl methyl sites for hydroxylation is 1. The van der Waals surface area contributed by atoms with E-state index in [-0.39, 0.29) is 0 Å². The van der Waals surface area contributed by atoms with Gasteiger partial charge < -0.3 is 14.4 Å². The Kier molecular flexibility index (Phi) is 6.40. The number of allylic oxidation sites excluding steroid dienone is 2. The third-order valence-electron chi connectivity index (χ3n) is 6.92. The molecule has 0 N–H and O–H groups in total. The summed E-state index contributed by atoms with van der Waals surface area (Å²) in [5, 5.41) is 1.18. The van der Waals surface area contributed by atoms with Crippen molar-refractivity contribution in [1.82, 2.24) is 4.98 Å². The first kappa shape index (κ1) is 23.9. The highest BCUT2D eigenvalue weighted by molar-refractivity contribution is 7.19. The minimum atomic E-state index is 0.798. The van der Waals surface area contributed by atoms with Gasteiger partial charge in [0, 0.05) is 48.5 Å². The number of ether oxygens (including phenoxy) is 2. The average molecular weight is 519 g/mol. The maximum absolute atomic E-state index is 5.66. The van der Waals surface area contributed by atoms with Crippen LogP contribution in [0.5, 0.6) is 11.5 Å². The molecule has 0 amide bonds. The predicted octanol–water partition coefficient (Wildman–Crippen LogP) is 6.88. The van der Waals surface area contributed by atoms with E-state index in [0.29, 0.717) is 0 Å². The quantitative estimate of drug-likeness (QED) is 0.230. The van der Waals surface area contributed by atoms with E-state index >= 15 is 0 Å². The number of nitrogens with zero attached hydrogens (tertiary/aromatic N) is 3. The number of para-hydroxylation sites is 1. The van der Waals surface area contributed by atoms with E-state index in [1.54, 1.807) is 25.6 Å². The topological polar surface area (TPSA) is 38.5 Å². The number of rotatable bonds is 6. The Morgan fingerprint density at radius 2 is 1.68 bits per heavy atom. The fraction of sp³-hybridized carbons (Fsp3) is 0.125. The number of pyridine rings is 1. The summed E-state index contributed by atoms with van der Waals surface area (Å²) in [6, 6.07) is 25.1. The Morgan fingerprint density at radius 1 is 0.921 bits per heavy atom. The summed E-state index contributed by atoms with van der Waals surface area (Å²) < 4.78 is 14.8. The van der Waals surface area contributed by atoms with Crippen LogP contribution < -0.4 is 18.9 Å². The Hall–Kier alpha value is -4.42. The first-order valence-electron chi connectivity index (χ1n) is 12.4. The molecule has 1 aliphatic heterocycles. The van der Waals surface area contributed by atoms with E-state index in [1.165, 1.54) is 37.6 Å². The average Bonchev–Trinajstić information content (AvgIpc) is 3.28. The molecule has 38 heavy (non-hydrogen) atoms. The first-order chi connectivity index (χ1) is 18.7. The highest BCUT2D eigenvalue weighted by Gasteiger charge is 2.21. The van der Waals surface area contributed by atoms with Gasteiger partial charge in [-0.3, -0.25) is 4.98 Å². The molecular weight excluding hydrogens is 490 g/mol. The molecule has 0 radical (unpaired) electrons. The van der Waals surface area contributed by atoms with Crippen LogP contribution in [0, 0.1) is 0 Å². The van der Waals surface area contributed by atoms with Gasteiger partial charge in [-0.1, -0.05) is 35.6 Å². The number of methoxy groups -OCH3 is 2. The van der Waals surface area contributed by atoms with E-state index in [4.69, 9.17) is 9.47 Å². The van der Waals surface area contributed by atoms with Crippen LogP contribution in [0.3, 0.4) is 0 Å². The van der Waals surface area contributed by atoms with Gasteiger partial charge in [-0.2, -0.15) is 4.57 Å². The number of thiazole rings is 1. The van der Waals surface area contributed by atoms with Crippen LogP contribution in [0.1, 0.15) is 16.1 Å². The third-order valence-corrected chi connectivity index (χ3v) is 8.07. The maximum Gasteiger partial charge on any atom is 0.263 e. The van der Waals surface area contributed by atoms with Gasteiger partial charge in [0.25, 0.3) is 5.01 Å². The summed E-state index contributed by atoms with van der Waals surface area (Å²) in [6.45, 7) is 0.801. The van der Waals surface area contributed by atoms with Crippen molar-refractivity contribution in [1.29, 1.82) is 0 Å². The SMILES string of the molecule is COc1cccc(OC)c1-c1ccc2c(c1)sc(C=C1C=CN(Cc3ccncc3)c3ccccc31)[n+]2C. The van der Waals surface area contributed by atoms with Crippen molar-refractivity contribution in [3.8, 4) is 22.6 Å². The Bertz CT molecular complexity index is 1670. The van der Waals surface area contributed by atoms with Gasteiger partial charge in [-0.25, -0.2) is 0 Å². The number of fused-ring (bicyclic) bond motifs is 2. The highest BCUT2D eigenvalue weighted by atomic mass is 32.1. The molecule has 0 spiro atoms. The van der Waals surface area contributed by atoms with Crippen LogP contribution in [0.15, 0.2) is 97.5 Å². The van der Waals surface area contributed by atoms with Crippen molar-refractivity contribution in [2.75, 3.05) is 19.1 Å². The number of hydrogen-bond donors (Lipinski definition) is 0. The second-order valence-corrected chi connectivity index (χ2v) is 10.2. The lowest BCUT2D eigenvalue weighted by Gasteiger charge is -2.27. The van der Waals surface area contributed by atoms with Gasteiger partial charge in [0.15, 0.2) is 0 Å².